The molecule has 2 N–H and O–H groups in total. The van der Waals surface area contributed by atoms with Crippen LogP contribution in [0.25, 0.3) is 5.65 Å². The van der Waals surface area contributed by atoms with Crippen molar-refractivity contribution >= 4 is 23.3 Å². The Labute approximate surface area is 146 Å². The minimum atomic E-state index is -0.272. The van der Waals surface area contributed by atoms with Crippen molar-refractivity contribution in [1.82, 2.24) is 19.9 Å². The van der Waals surface area contributed by atoms with E-state index in [0.717, 1.165) is 12.1 Å². The van der Waals surface area contributed by atoms with Gasteiger partial charge in [0.2, 0.25) is 0 Å². The molecule has 2 atom stereocenters. The maximum atomic E-state index is 12.3. The fourth-order valence-electron chi connectivity index (χ4n) is 3.29. The van der Waals surface area contributed by atoms with E-state index >= 15 is 0 Å². The van der Waals surface area contributed by atoms with Gasteiger partial charge in [0.15, 0.2) is 5.65 Å². The fourth-order valence-corrected chi connectivity index (χ4v) is 3.29. The number of carbonyl (C=O) groups excluding carboxylic acids is 2. The number of hydrogen-bond donors (Lipinski definition) is 2. The van der Waals surface area contributed by atoms with Crippen LogP contribution < -0.4 is 10.6 Å². The molecule has 2 aromatic rings. The molecule has 0 radical (unpaired) electrons. The van der Waals surface area contributed by atoms with Crippen molar-refractivity contribution in [2.75, 3.05) is 12.4 Å². The summed E-state index contributed by atoms with van der Waals surface area (Å²) in [6.07, 6.45) is 2.86. The highest BCUT2D eigenvalue weighted by molar-refractivity contribution is 5.89. The molecule has 0 bridgehead atoms. The van der Waals surface area contributed by atoms with E-state index in [-0.39, 0.29) is 29.4 Å². The molecule has 1 saturated carbocycles. The zero-order chi connectivity index (χ0) is 18.2. The maximum absolute atomic E-state index is 12.3. The molecule has 8 nitrogen and oxygen atoms in total. The molecule has 0 unspecified atom stereocenters. The first-order valence-corrected chi connectivity index (χ1v) is 8.27. The maximum Gasteiger partial charge on any atom is 0.319 e. The van der Waals surface area contributed by atoms with Gasteiger partial charge in [-0.25, -0.2) is 14.3 Å². The molecule has 8 heteroatoms. The number of hydrogen-bond acceptors (Lipinski definition) is 5. The number of pyridine rings is 1. The van der Waals surface area contributed by atoms with Crippen LogP contribution in [0.2, 0.25) is 0 Å². The largest absolute Gasteiger partial charge is 0.469 e. The Kier molecular flexibility index (Phi) is 4.36. The van der Waals surface area contributed by atoms with Gasteiger partial charge in [0.1, 0.15) is 5.82 Å². The van der Waals surface area contributed by atoms with Crippen LogP contribution in [-0.4, -0.2) is 39.8 Å². The number of nitrogens with zero attached hydrogens (tertiary/aromatic N) is 3. The molecule has 0 aromatic carbocycles. The molecule has 0 saturated heterocycles. The van der Waals surface area contributed by atoms with Gasteiger partial charge >= 0.3 is 12.0 Å². The lowest BCUT2D eigenvalue weighted by Gasteiger charge is -2.52. The highest BCUT2D eigenvalue weighted by atomic mass is 16.5. The lowest BCUT2D eigenvalue weighted by molar-refractivity contribution is -0.145. The SMILES string of the molecule is COC(=O)C[C@@H]1C[C@H](NC(=O)Nc2ccc3nc(C)nn3c2)C1(C)C. The predicted molar refractivity (Wildman–Crippen MR) is 92.2 cm³/mol. The van der Waals surface area contributed by atoms with Gasteiger partial charge in [0, 0.05) is 12.5 Å². The number of esters is 1. The number of urea groups is 1. The second-order valence-electron chi connectivity index (χ2n) is 7.06. The second kappa shape index (κ2) is 6.34. The van der Waals surface area contributed by atoms with Crippen LogP contribution >= 0.6 is 0 Å². The van der Waals surface area contributed by atoms with E-state index in [0.29, 0.717) is 17.9 Å². The fraction of sp³-hybridized carbons (Fsp3) is 0.529. The lowest BCUT2D eigenvalue weighted by Crippen LogP contribution is -2.59. The van der Waals surface area contributed by atoms with E-state index in [9.17, 15) is 9.59 Å². The highest BCUT2D eigenvalue weighted by Gasteiger charge is 2.49. The van der Waals surface area contributed by atoms with Gasteiger partial charge in [-0.1, -0.05) is 13.8 Å². The first kappa shape index (κ1) is 17.2. The Morgan fingerprint density at radius 1 is 1.40 bits per heavy atom. The zero-order valence-corrected chi connectivity index (χ0v) is 14.9. The monoisotopic (exact) mass is 345 g/mol. The molecular weight excluding hydrogens is 322 g/mol. The molecule has 0 aliphatic heterocycles. The molecule has 2 amide bonds. The smallest absolute Gasteiger partial charge is 0.319 e. The van der Waals surface area contributed by atoms with Crippen LogP contribution in [0, 0.1) is 18.3 Å². The van der Waals surface area contributed by atoms with Gasteiger partial charge in [0.05, 0.1) is 19.0 Å². The number of amides is 2. The first-order valence-electron chi connectivity index (χ1n) is 8.27. The molecule has 2 aromatic heterocycles. The molecule has 3 rings (SSSR count). The standard InChI is InChI=1S/C17H23N5O3/c1-10-18-14-6-5-12(9-22(14)21-10)19-16(24)20-13-7-11(17(13,2)3)8-15(23)25-4/h5-6,9,11,13H,7-8H2,1-4H3,(H2,19,20,24)/t11-,13-/m0/s1. The van der Waals surface area contributed by atoms with Crippen LogP contribution in [0.5, 0.6) is 0 Å². The number of aryl methyl sites for hydroxylation is 1. The number of carbonyl (C=O) groups is 2. The van der Waals surface area contributed by atoms with Crippen molar-refractivity contribution < 1.29 is 14.3 Å². The molecule has 0 spiro atoms. The summed E-state index contributed by atoms with van der Waals surface area (Å²) in [4.78, 5) is 28.0. The van der Waals surface area contributed by atoms with E-state index in [1.807, 2.05) is 6.92 Å². The molecular formula is C17H23N5O3. The molecule has 1 aliphatic carbocycles. The first-order chi connectivity index (χ1) is 11.8. The summed E-state index contributed by atoms with van der Waals surface area (Å²) >= 11 is 0. The van der Waals surface area contributed by atoms with Gasteiger partial charge in [0.25, 0.3) is 0 Å². The van der Waals surface area contributed by atoms with E-state index in [1.54, 1.807) is 22.8 Å². The van der Waals surface area contributed by atoms with E-state index in [4.69, 9.17) is 4.74 Å². The quantitative estimate of drug-likeness (QED) is 0.827. The number of rotatable bonds is 4. The van der Waals surface area contributed by atoms with Gasteiger partial charge in [-0.05, 0) is 36.8 Å². The third-order valence-electron chi connectivity index (χ3n) is 5.11. The van der Waals surface area contributed by atoms with E-state index < -0.39 is 0 Å². The molecule has 25 heavy (non-hydrogen) atoms. The molecule has 2 heterocycles. The van der Waals surface area contributed by atoms with Gasteiger partial charge in [-0.2, -0.15) is 5.10 Å². The lowest BCUT2D eigenvalue weighted by atomic mass is 9.57. The van der Waals surface area contributed by atoms with E-state index in [1.165, 1.54) is 7.11 Å². The number of nitrogens with one attached hydrogen (secondary N) is 2. The second-order valence-corrected chi connectivity index (χ2v) is 7.06. The summed E-state index contributed by atoms with van der Waals surface area (Å²) in [5.74, 6) is 0.673. The van der Waals surface area contributed by atoms with E-state index in [2.05, 4.69) is 34.6 Å². The van der Waals surface area contributed by atoms with Crippen molar-refractivity contribution in [2.24, 2.45) is 11.3 Å². The average Bonchev–Trinajstić information content (AvgIpc) is 2.92. The highest BCUT2D eigenvalue weighted by Crippen LogP contribution is 2.48. The minimum absolute atomic E-state index is 0.0134. The number of methoxy groups -OCH3 is 1. The zero-order valence-electron chi connectivity index (χ0n) is 14.9. The van der Waals surface area contributed by atoms with Crippen LogP contribution in [0.15, 0.2) is 18.3 Å². The van der Waals surface area contributed by atoms with Crippen LogP contribution in [0.1, 0.15) is 32.5 Å². The Hall–Kier alpha value is -2.64. The summed E-state index contributed by atoms with van der Waals surface area (Å²) in [5.41, 5.74) is 1.21. The minimum Gasteiger partial charge on any atom is -0.469 e. The summed E-state index contributed by atoms with van der Waals surface area (Å²) in [7, 11) is 1.39. The van der Waals surface area contributed by atoms with Gasteiger partial charge in [-0.15, -0.1) is 0 Å². The Balaban J connectivity index is 1.58. The number of anilines is 1. The van der Waals surface area contributed by atoms with Crippen LogP contribution in [0.3, 0.4) is 0 Å². The average molecular weight is 345 g/mol. The number of fused-ring (bicyclic) bond motifs is 1. The van der Waals surface area contributed by atoms with Crippen molar-refractivity contribution in [3.8, 4) is 0 Å². The predicted octanol–water partition coefficient (Wildman–Crippen LogP) is 2.14. The summed E-state index contributed by atoms with van der Waals surface area (Å²) < 4.78 is 6.36. The summed E-state index contributed by atoms with van der Waals surface area (Å²) in [6, 6.07) is 3.33. The topological polar surface area (TPSA) is 97.6 Å². The van der Waals surface area contributed by atoms with Crippen LogP contribution in [-0.2, 0) is 9.53 Å². The van der Waals surface area contributed by atoms with Crippen LogP contribution in [0.4, 0.5) is 10.5 Å². The number of aromatic nitrogens is 3. The van der Waals surface area contributed by atoms with Gasteiger partial charge < -0.3 is 15.4 Å². The van der Waals surface area contributed by atoms with Crippen molar-refractivity contribution in [1.29, 1.82) is 0 Å². The van der Waals surface area contributed by atoms with Crippen molar-refractivity contribution in [3.63, 3.8) is 0 Å². The van der Waals surface area contributed by atoms with Crippen molar-refractivity contribution in [2.45, 2.75) is 39.7 Å². The van der Waals surface area contributed by atoms with Crippen molar-refractivity contribution in [3.05, 3.63) is 24.2 Å². The summed E-state index contributed by atoms with van der Waals surface area (Å²) in [5, 5.41) is 10.0. The Morgan fingerprint density at radius 3 is 2.84 bits per heavy atom. The number of ether oxygens (including phenoxy) is 1. The third kappa shape index (κ3) is 3.42. The Morgan fingerprint density at radius 2 is 2.16 bits per heavy atom. The molecule has 1 aliphatic rings. The van der Waals surface area contributed by atoms with Gasteiger partial charge in [-0.3, -0.25) is 4.79 Å². The Bertz CT molecular complexity index is 814. The molecule has 1 fully saturated rings. The molecule has 134 valence electrons. The normalized spacial score (nSPS) is 21.4. The third-order valence-corrected chi connectivity index (χ3v) is 5.11. The summed E-state index contributed by atoms with van der Waals surface area (Å²) in [6.45, 7) is 5.93.